The Morgan fingerprint density at radius 3 is 2.43 bits per heavy atom. The van der Waals surface area contributed by atoms with E-state index in [1.165, 1.54) is 12.1 Å². The lowest BCUT2D eigenvalue weighted by Gasteiger charge is -2.38. The molecule has 0 bridgehead atoms. The first-order valence-electron chi connectivity index (χ1n) is 9.43. The fourth-order valence-corrected chi connectivity index (χ4v) is 4.77. The van der Waals surface area contributed by atoms with E-state index in [1.807, 2.05) is 13.8 Å². The van der Waals surface area contributed by atoms with Gasteiger partial charge in [-0.25, -0.2) is 17.5 Å². The summed E-state index contributed by atoms with van der Waals surface area (Å²) in [6, 6.07) is 11.1. The van der Waals surface area contributed by atoms with Crippen LogP contribution in [0, 0.1) is 12.7 Å². The highest BCUT2D eigenvalue weighted by atomic mass is 32.2. The molecule has 0 saturated carbocycles. The first-order valence-corrected chi connectivity index (χ1v) is 10.9. The summed E-state index contributed by atoms with van der Waals surface area (Å²) in [5.41, 5.74) is 1.27. The zero-order chi connectivity index (χ0) is 20.2. The molecule has 0 aliphatic carbocycles. The van der Waals surface area contributed by atoms with Crippen LogP contribution in [0.25, 0.3) is 0 Å². The van der Waals surface area contributed by atoms with Gasteiger partial charge in [-0.3, -0.25) is 0 Å². The Hall–Kier alpha value is -1.96. The summed E-state index contributed by atoms with van der Waals surface area (Å²) in [7, 11) is -3.69. The Morgan fingerprint density at radius 2 is 1.82 bits per heavy atom. The van der Waals surface area contributed by atoms with E-state index in [0.717, 1.165) is 11.1 Å². The smallest absolute Gasteiger partial charge is 0.240 e. The van der Waals surface area contributed by atoms with Crippen molar-refractivity contribution in [2.24, 2.45) is 0 Å². The highest BCUT2D eigenvalue weighted by molar-refractivity contribution is 7.89. The fourth-order valence-electron chi connectivity index (χ4n) is 3.56. The van der Waals surface area contributed by atoms with Crippen molar-refractivity contribution in [3.05, 3.63) is 59.4 Å². The summed E-state index contributed by atoms with van der Waals surface area (Å²) in [6.07, 6.45) is 1.34. The average Bonchev–Trinajstić information content (AvgIpc) is 2.69. The van der Waals surface area contributed by atoms with Crippen LogP contribution in [-0.4, -0.2) is 34.8 Å². The number of halogens is 1. The number of benzene rings is 2. The molecule has 3 rings (SSSR count). The lowest BCUT2D eigenvalue weighted by molar-refractivity contribution is 0.0517. The number of aryl methyl sites for hydroxylation is 1. The minimum atomic E-state index is -3.69. The quantitative estimate of drug-likeness (QED) is 0.762. The molecule has 1 fully saturated rings. The molecular formula is C21H26FNO4S. The molecule has 1 saturated heterocycles. The van der Waals surface area contributed by atoms with Gasteiger partial charge < -0.3 is 9.47 Å². The second-order valence-electron chi connectivity index (χ2n) is 7.08. The molecule has 152 valence electrons. The van der Waals surface area contributed by atoms with E-state index < -0.39 is 15.4 Å². The maximum absolute atomic E-state index is 13.4. The van der Waals surface area contributed by atoms with Crippen LogP contribution in [0.2, 0.25) is 0 Å². The van der Waals surface area contributed by atoms with Crippen LogP contribution in [0.3, 0.4) is 0 Å². The molecule has 0 unspecified atom stereocenters. The zero-order valence-electron chi connectivity index (χ0n) is 16.2. The molecule has 0 aromatic heterocycles. The Kier molecular flexibility index (Phi) is 6.37. The number of hydrogen-bond acceptors (Lipinski definition) is 4. The van der Waals surface area contributed by atoms with E-state index in [-0.39, 0.29) is 17.3 Å². The number of nitrogens with one attached hydrogen (secondary N) is 1. The maximum atomic E-state index is 13.4. The Balaban J connectivity index is 1.82. The molecule has 1 aliphatic rings. The average molecular weight is 408 g/mol. The Bertz CT molecular complexity index is 907. The van der Waals surface area contributed by atoms with Gasteiger partial charge in [-0.2, -0.15) is 0 Å². The van der Waals surface area contributed by atoms with Crippen LogP contribution in [0.15, 0.2) is 47.4 Å². The SMILES string of the molecule is CCOc1ccc(S(=O)(=O)NCC2(c3ccc(F)cc3)CCOCC2)cc1C. The molecule has 7 heteroatoms. The van der Waals surface area contributed by atoms with Crippen LogP contribution < -0.4 is 9.46 Å². The molecule has 2 aromatic carbocycles. The molecule has 5 nitrogen and oxygen atoms in total. The van der Waals surface area contributed by atoms with Crippen molar-refractivity contribution in [1.29, 1.82) is 0 Å². The highest BCUT2D eigenvalue weighted by Crippen LogP contribution is 2.35. The molecule has 28 heavy (non-hydrogen) atoms. The molecule has 1 N–H and O–H groups in total. The third kappa shape index (κ3) is 4.54. The number of hydrogen-bond donors (Lipinski definition) is 1. The van der Waals surface area contributed by atoms with Gasteiger partial charge in [0.25, 0.3) is 0 Å². The van der Waals surface area contributed by atoms with Crippen LogP contribution in [0.1, 0.15) is 30.9 Å². The van der Waals surface area contributed by atoms with Crippen molar-refractivity contribution < 1.29 is 22.3 Å². The van der Waals surface area contributed by atoms with Gasteiger partial charge in [0.05, 0.1) is 11.5 Å². The van der Waals surface area contributed by atoms with Crippen molar-refractivity contribution in [3.63, 3.8) is 0 Å². The summed E-state index contributed by atoms with van der Waals surface area (Å²) < 4.78 is 52.8. The van der Waals surface area contributed by atoms with Gasteiger partial charge in [-0.15, -0.1) is 0 Å². The number of sulfonamides is 1. The largest absolute Gasteiger partial charge is 0.494 e. The van der Waals surface area contributed by atoms with Gasteiger partial charge in [0.15, 0.2) is 0 Å². The second-order valence-corrected chi connectivity index (χ2v) is 8.85. The van der Waals surface area contributed by atoms with Crippen molar-refractivity contribution in [1.82, 2.24) is 4.72 Å². The van der Waals surface area contributed by atoms with Crippen molar-refractivity contribution >= 4 is 10.0 Å². The molecule has 0 amide bonds. The minimum Gasteiger partial charge on any atom is -0.494 e. The van der Waals surface area contributed by atoms with Crippen LogP contribution >= 0.6 is 0 Å². The van der Waals surface area contributed by atoms with E-state index in [2.05, 4.69) is 4.72 Å². The minimum absolute atomic E-state index is 0.203. The van der Waals surface area contributed by atoms with Crippen molar-refractivity contribution in [2.45, 2.75) is 37.0 Å². The van der Waals surface area contributed by atoms with E-state index >= 15 is 0 Å². The van der Waals surface area contributed by atoms with Crippen LogP contribution in [0.4, 0.5) is 4.39 Å². The normalized spacial score (nSPS) is 16.7. The summed E-state index contributed by atoms with van der Waals surface area (Å²) in [6.45, 7) is 5.55. The second kappa shape index (κ2) is 8.59. The summed E-state index contributed by atoms with van der Waals surface area (Å²) in [5.74, 6) is 0.366. The van der Waals surface area contributed by atoms with E-state index in [9.17, 15) is 12.8 Å². The van der Waals surface area contributed by atoms with E-state index in [4.69, 9.17) is 9.47 Å². The Morgan fingerprint density at radius 1 is 1.14 bits per heavy atom. The lowest BCUT2D eigenvalue weighted by atomic mass is 9.74. The third-order valence-corrected chi connectivity index (χ3v) is 6.66. The molecule has 0 atom stereocenters. The molecule has 1 aliphatic heterocycles. The van der Waals surface area contributed by atoms with Crippen LogP contribution in [0.5, 0.6) is 5.75 Å². The summed E-state index contributed by atoms with van der Waals surface area (Å²) in [5, 5.41) is 0. The highest BCUT2D eigenvalue weighted by Gasteiger charge is 2.35. The summed E-state index contributed by atoms with van der Waals surface area (Å²) in [4.78, 5) is 0.203. The van der Waals surface area contributed by atoms with Gasteiger partial charge in [0.2, 0.25) is 10.0 Å². The molecule has 0 spiro atoms. The van der Waals surface area contributed by atoms with Crippen molar-refractivity contribution in [3.8, 4) is 5.75 Å². The standard InChI is InChI=1S/C21H26FNO4S/c1-3-27-20-9-8-19(14-16(20)2)28(24,25)23-15-21(10-12-26-13-11-21)17-4-6-18(22)7-5-17/h4-9,14,23H,3,10-13,15H2,1-2H3. The van der Waals surface area contributed by atoms with Gasteiger partial charge in [0, 0.05) is 25.2 Å². The first kappa shape index (κ1) is 20.8. The first-order chi connectivity index (χ1) is 13.4. The van der Waals surface area contributed by atoms with E-state index in [0.29, 0.717) is 38.4 Å². The predicted octanol–water partition coefficient (Wildman–Crippen LogP) is 3.56. The van der Waals surface area contributed by atoms with Gasteiger partial charge >= 0.3 is 0 Å². The van der Waals surface area contributed by atoms with E-state index in [1.54, 1.807) is 30.3 Å². The maximum Gasteiger partial charge on any atom is 0.240 e. The number of ether oxygens (including phenoxy) is 2. The molecule has 2 aromatic rings. The molecule has 1 heterocycles. The monoisotopic (exact) mass is 407 g/mol. The van der Waals surface area contributed by atoms with Crippen LogP contribution in [-0.2, 0) is 20.2 Å². The topological polar surface area (TPSA) is 64.6 Å². The summed E-state index contributed by atoms with van der Waals surface area (Å²) >= 11 is 0. The van der Waals surface area contributed by atoms with Gasteiger partial charge in [-0.05, 0) is 68.1 Å². The molecule has 0 radical (unpaired) electrons. The Labute approximate surface area is 165 Å². The van der Waals surface area contributed by atoms with Gasteiger partial charge in [0.1, 0.15) is 11.6 Å². The third-order valence-electron chi connectivity index (χ3n) is 5.26. The fraction of sp³-hybridized carbons (Fsp3) is 0.429. The number of rotatable bonds is 7. The van der Waals surface area contributed by atoms with Crippen molar-refractivity contribution in [2.75, 3.05) is 26.4 Å². The molecular weight excluding hydrogens is 381 g/mol. The lowest BCUT2D eigenvalue weighted by Crippen LogP contribution is -2.44. The van der Waals surface area contributed by atoms with Gasteiger partial charge in [-0.1, -0.05) is 12.1 Å². The predicted molar refractivity (Wildman–Crippen MR) is 106 cm³/mol. The zero-order valence-corrected chi connectivity index (χ0v) is 17.0.